The molecule has 1 amide bonds. The van der Waals surface area contributed by atoms with Gasteiger partial charge in [0.2, 0.25) is 5.91 Å². The van der Waals surface area contributed by atoms with Gasteiger partial charge >= 0.3 is 0 Å². The Hall–Kier alpha value is -1.16. The Bertz CT molecular complexity index is 543. The van der Waals surface area contributed by atoms with Gasteiger partial charge in [0.25, 0.3) is 0 Å². The summed E-state index contributed by atoms with van der Waals surface area (Å²) in [7, 11) is 0. The lowest BCUT2D eigenvalue weighted by Gasteiger charge is -2.29. The molecule has 3 nitrogen and oxygen atoms in total. The largest absolute Gasteiger partial charge is 0.507 e. The monoisotopic (exact) mass is 323 g/mol. The summed E-state index contributed by atoms with van der Waals surface area (Å²) in [4.78, 5) is 12.6. The van der Waals surface area contributed by atoms with Crippen molar-refractivity contribution in [1.29, 1.82) is 0 Å². The molecule has 4 heteroatoms. The Labute approximate surface area is 138 Å². The third-order valence-corrected chi connectivity index (χ3v) is 4.85. The summed E-state index contributed by atoms with van der Waals surface area (Å²) in [5.74, 6) is 0.00132. The summed E-state index contributed by atoms with van der Waals surface area (Å²) in [6, 6.07) is 3.94. The molecule has 0 bridgehead atoms. The molecule has 0 aliphatic carbocycles. The van der Waals surface area contributed by atoms with Gasteiger partial charge in [0, 0.05) is 16.0 Å². The number of benzene rings is 1. The number of aromatic hydroxyl groups is 1. The highest BCUT2D eigenvalue weighted by molar-refractivity contribution is 8.01. The fourth-order valence-electron chi connectivity index (χ4n) is 2.16. The molecule has 1 rings (SSSR count). The van der Waals surface area contributed by atoms with Gasteiger partial charge in [0.05, 0.1) is 4.75 Å². The molecule has 0 heterocycles. The van der Waals surface area contributed by atoms with E-state index in [4.69, 9.17) is 5.73 Å². The Kier molecular flexibility index (Phi) is 4.98. The first-order valence-corrected chi connectivity index (χ1v) is 8.35. The third kappa shape index (κ3) is 4.19. The first-order chi connectivity index (χ1) is 9.66. The van der Waals surface area contributed by atoms with Crippen LogP contribution in [0.3, 0.4) is 0 Å². The van der Waals surface area contributed by atoms with Gasteiger partial charge in [-0.15, -0.1) is 11.8 Å². The summed E-state index contributed by atoms with van der Waals surface area (Å²) in [6.45, 7) is 16.1. The summed E-state index contributed by atoms with van der Waals surface area (Å²) in [5.41, 5.74) is 6.90. The molecule has 0 saturated carbocycles. The van der Waals surface area contributed by atoms with Crippen molar-refractivity contribution in [2.75, 3.05) is 0 Å². The van der Waals surface area contributed by atoms with Crippen LogP contribution in [-0.4, -0.2) is 15.8 Å². The Morgan fingerprint density at radius 1 is 0.955 bits per heavy atom. The molecule has 0 aliphatic rings. The van der Waals surface area contributed by atoms with Gasteiger partial charge in [-0.3, -0.25) is 4.79 Å². The van der Waals surface area contributed by atoms with Crippen molar-refractivity contribution in [2.45, 2.75) is 75.9 Å². The number of hydrogen-bond acceptors (Lipinski definition) is 3. The number of rotatable bonds is 3. The number of phenols is 1. The third-order valence-electron chi connectivity index (χ3n) is 3.67. The van der Waals surface area contributed by atoms with E-state index >= 15 is 0 Å². The minimum absolute atomic E-state index is 0.183. The highest BCUT2D eigenvalue weighted by Gasteiger charge is 2.30. The fourth-order valence-corrected chi connectivity index (χ4v) is 3.20. The molecule has 124 valence electrons. The van der Waals surface area contributed by atoms with Crippen molar-refractivity contribution in [3.05, 3.63) is 23.3 Å². The Morgan fingerprint density at radius 3 is 1.59 bits per heavy atom. The van der Waals surface area contributed by atoms with Crippen LogP contribution in [0.2, 0.25) is 0 Å². The van der Waals surface area contributed by atoms with Gasteiger partial charge in [-0.25, -0.2) is 0 Å². The van der Waals surface area contributed by atoms with E-state index in [2.05, 4.69) is 41.5 Å². The smallest absolute Gasteiger partial charge is 0.233 e. The molecule has 0 spiro atoms. The van der Waals surface area contributed by atoms with Crippen LogP contribution in [0.15, 0.2) is 17.0 Å². The minimum Gasteiger partial charge on any atom is -0.507 e. The number of carbonyl (C=O) groups is 1. The summed E-state index contributed by atoms with van der Waals surface area (Å²) < 4.78 is -0.693. The second kappa shape index (κ2) is 5.80. The van der Waals surface area contributed by atoms with Gasteiger partial charge in [-0.1, -0.05) is 41.5 Å². The predicted molar refractivity (Wildman–Crippen MR) is 94.6 cm³/mol. The average Bonchev–Trinajstić information content (AvgIpc) is 2.27. The number of hydrogen-bond donors (Lipinski definition) is 2. The molecule has 0 saturated heterocycles. The minimum atomic E-state index is -0.693. The van der Waals surface area contributed by atoms with Gasteiger partial charge in [-0.2, -0.15) is 0 Å². The number of thioether (sulfide) groups is 1. The molecule has 0 fully saturated rings. The molecule has 0 unspecified atom stereocenters. The number of phenolic OH excluding ortho intramolecular Hbond substituents is 1. The van der Waals surface area contributed by atoms with Crippen LogP contribution in [0, 0.1) is 0 Å². The van der Waals surface area contributed by atoms with E-state index < -0.39 is 4.75 Å². The highest BCUT2D eigenvalue weighted by Crippen LogP contribution is 2.43. The lowest BCUT2D eigenvalue weighted by molar-refractivity contribution is -0.119. The molecular weight excluding hydrogens is 294 g/mol. The van der Waals surface area contributed by atoms with Crippen LogP contribution in [0.25, 0.3) is 0 Å². The summed E-state index contributed by atoms with van der Waals surface area (Å²) in [6.07, 6.45) is 0. The quantitative estimate of drug-likeness (QED) is 0.813. The second-order valence-electron chi connectivity index (χ2n) is 8.34. The molecule has 0 aliphatic heterocycles. The zero-order valence-electron chi connectivity index (χ0n) is 15.0. The molecule has 1 aromatic rings. The highest BCUT2D eigenvalue weighted by atomic mass is 32.2. The van der Waals surface area contributed by atoms with Crippen LogP contribution in [0.1, 0.15) is 66.5 Å². The zero-order valence-corrected chi connectivity index (χ0v) is 15.8. The SMILES string of the molecule is CC(C)(Sc1cc(C(C)(C)C)c(O)c(C(C)(C)C)c1)C(N)=O. The van der Waals surface area contributed by atoms with E-state index in [9.17, 15) is 9.90 Å². The van der Waals surface area contributed by atoms with E-state index in [1.165, 1.54) is 11.8 Å². The van der Waals surface area contributed by atoms with Gasteiger partial charge in [0.1, 0.15) is 5.75 Å². The predicted octanol–water partition coefficient (Wildman–Crippen LogP) is 4.34. The topological polar surface area (TPSA) is 63.3 Å². The summed E-state index contributed by atoms with van der Waals surface area (Å²) >= 11 is 1.44. The lowest BCUT2D eigenvalue weighted by atomic mass is 9.79. The van der Waals surface area contributed by atoms with E-state index in [1.807, 2.05) is 26.0 Å². The molecule has 1 aromatic carbocycles. The van der Waals surface area contributed by atoms with E-state index in [-0.39, 0.29) is 16.7 Å². The average molecular weight is 324 g/mol. The van der Waals surface area contributed by atoms with Gasteiger partial charge in [-0.05, 0) is 36.8 Å². The molecular formula is C18H29NO2S. The van der Waals surface area contributed by atoms with E-state index in [0.717, 1.165) is 16.0 Å². The van der Waals surface area contributed by atoms with Gasteiger partial charge in [0.15, 0.2) is 0 Å². The molecule has 0 atom stereocenters. The van der Waals surface area contributed by atoms with Crippen molar-refractivity contribution in [1.82, 2.24) is 0 Å². The first kappa shape index (κ1) is 18.9. The van der Waals surface area contributed by atoms with Crippen LogP contribution in [0.5, 0.6) is 5.75 Å². The number of amides is 1. The molecule has 22 heavy (non-hydrogen) atoms. The van der Waals surface area contributed by atoms with E-state index in [1.54, 1.807) is 0 Å². The maximum absolute atomic E-state index is 11.6. The number of nitrogens with two attached hydrogens (primary N) is 1. The van der Waals surface area contributed by atoms with Crippen molar-refractivity contribution < 1.29 is 9.90 Å². The molecule has 3 N–H and O–H groups in total. The van der Waals surface area contributed by atoms with Crippen LogP contribution in [-0.2, 0) is 15.6 Å². The summed E-state index contributed by atoms with van der Waals surface area (Å²) in [5, 5.41) is 10.7. The Morgan fingerprint density at radius 2 is 1.32 bits per heavy atom. The molecule has 0 radical (unpaired) electrons. The van der Waals surface area contributed by atoms with Crippen LogP contribution >= 0.6 is 11.8 Å². The fraction of sp³-hybridized carbons (Fsp3) is 0.611. The van der Waals surface area contributed by atoms with Crippen molar-refractivity contribution in [3.8, 4) is 5.75 Å². The first-order valence-electron chi connectivity index (χ1n) is 7.53. The van der Waals surface area contributed by atoms with Gasteiger partial charge < -0.3 is 10.8 Å². The maximum atomic E-state index is 11.6. The zero-order chi connectivity index (χ0) is 17.5. The van der Waals surface area contributed by atoms with Crippen molar-refractivity contribution in [2.24, 2.45) is 5.73 Å². The normalized spacial score (nSPS) is 13.3. The Balaban J connectivity index is 3.52. The molecule has 0 aromatic heterocycles. The van der Waals surface area contributed by atoms with Crippen molar-refractivity contribution in [3.63, 3.8) is 0 Å². The number of carbonyl (C=O) groups excluding carboxylic acids is 1. The lowest BCUT2D eigenvalue weighted by Crippen LogP contribution is -2.34. The second-order valence-corrected chi connectivity index (χ2v) is 10.0. The standard InChI is InChI=1S/C18H29NO2S/c1-16(2,3)12-9-11(22-18(7,8)15(19)21)10-13(14(12)20)17(4,5)6/h9-10,20H,1-8H3,(H2,19,21). The maximum Gasteiger partial charge on any atom is 0.233 e. The van der Waals surface area contributed by atoms with Crippen LogP contribution in [0.4, 0.5) is 0 Å². The van der Waals surface area contributed by atoms with Crippen molar-refractivity contribution >= 4 is 17.7 Å². The number of primary amides is 1. The van der Waals surface area contributed by atoms with Crippen LogP contribution < -0.4 is 5.73 Å². The van der Waals surface area contributed by atoms with E-state index in [0.29, 0.717) is 5.75 Å².